The Hall–Kier alpha value is -1.35. The summed E-state index contributed by atoms with van der Waals surface area (Å²) in [6, 6.07) is 5.77. The minimum atomic E-state index is -0.782. The molecule has 0 saturated carbocycles. The Balaban J connectivity index is 0.00000232. The van der Waals surface area contributed by atoms with E-state index < -0.39 is 5.97 Å². The van der Waals surface area contributed by atoms with Crippen molar-refractivity contribution in [3.8, 4) is 0 Å². The van der Waals surface area contributed by atoms with Gasteiger partial charge in [0.05, 0.1) is 5.56 Å². The number of hydrogen-bond acceptors (Lipinski definition) is 2. The number of carbonyl (C=O) groups is 1. The lowest BCUT2D eigenvalue weighted by molar-refractivity contribution is 0.0695. The van der Waals surface area contributed by atoms with Crippen molar-refractivity contribution in [1.29, 1.82) is 0 Å². The van der Waals surface area contributed by atoms with Gasteiger partial charge in [-0.2, -0.15) is 0 Å². The summed E-state index contributed by atoms with van der Waals surface area (Å²) in [5.41, 5.74) is 7.35. The molecule has 0 saturated heterocycles. The molecule has 0 aromatic heterocycles. The summed E-state index contributed by atoms with van der Waals surface area (Å²) in [7, 11) is 1.50. The molecule has 1 aromatic carbocycles. The normalized spacial score (nSPS) is 10.1. The van der Waals surface area contributed by atoms with Crippen molar-refractivity contribution in [1.82, 2.24) is 0 Å². The van der Waals surface area contributed by atoms with E-state index in [2.05, 4.69) is 25.6 Å². The Morgan fingerprint density at radius 3 is 2.00 bits per heavy atom. The Morgan fingerprint density at radius 2 is 1.48 bits per heavy atom. The summed E-state index contributed by atoms with van der Waals surface area (Å²) < 4.78 is 0. The quantitative estimate of drug-likeness (QED) is 0.550. The first-order valence-corrected chi connectivity index (χ1v) is 9.12. The molecule has 0 unspecified atom stereocenters. The molecule has 132 valence electrons. The van der Waals surface area contributed by atoms with Gasteiger partial charge in [-0.25, -0.2) is 4.79 Å². The number of benzene rings is 1. The van der Waals surface area contributed by atoms with Crippen molar-refractivity contribution in [3.05, 3.63) is 34.9 Å². The monoisotopic (exact) mass is 321 g/mol. The maximum absolute atomic E-state index is 11.4. The van der Waals surface area contributed by atoms with Gasteiger partial charge in [-0.05, 0) is 49.9 Å². The fourth-order valence-electron chi connectivity index (χ4n) is 2.84. The average Bonchev–Trinajstić information content (AvgIpc) is 2.58. The highest BCUT2D eigenvalue weighted by Crippen LogP contribution is 2.21. The van der Waals surface area contributed by atoms with E-state index in [-0.39, 0.29) is 0 Å². The lowest BCUT2D eigenvalue weighted by Gasteiger charge is -2.13. The van der Waals surface area contributed by atoms with E-state index in [4.69, 9.17) is 0 Å². The maximum Gasteiger partial charge on any atom is 0.335 e. The van der Waals surface area contributed by atoms with E-state index in [1.165, 1.54) is 57.6 Å². The minimum absolute atomic E-state index is 0.513. The number of nitrogens with two attached hydrogens (primary N) is 1. The second-order valence-electron chi connectivity index (χ2n) is 5.87. The molecule has 3 N–H and O–H groups in total. The lowest BCUT2D eigenvalue weighted by Crippen LogP contribution is -2.06. The summed E-state index contributed by atoms with van der Waals surface area (Å²) in [6.45, 7) is 4.41. The second-order valence-corrected chi connectivity index (χ2v) is 5.87. The van der Waals surface area contributed by atoms with Crippen LogP contribution in [0.5, 0.6) is 0 Å². The van der Waals surface area contributed by atoms with Gasteiger partial charge in [0, 0.05) is 0 Å². The third-order valence-electron chi connectivity index (χ3n) is 4.08. The number of aromatic carboxylic acids is 1. The smallest absolute Gasteiger partial charge is 0.335 e. The zero-order valence-electron chi connectivity index (χ0n) is 15.2. The Kier molecular flexibility index (Phi) is 13.4. The molecule has 1 aromatic rings. The number of hydrogen-bond donors (Lipinski definition) is 2. The molecule has 0 aliphatic carbocycles. The fraction of sp³-hybridized carbons (Fsp3) is 0.650. The van der Waals surface area contributed by atoms with Crippen LogP contribution in [0.4, 0.5) is 0 Å². The minimum Gasteiger partial charge on any atom is -0.478 e. The summed E-state index contributed by atoms with van der Waals surface area (Å²) in [5, 5.41) is 9.40. The highest BCUT2D eigenvalue weighted by molar-refractivity contribution is 5.89. The Labute approximate surface area is 142 Å². The largest absolute Gasteiger partial charge is 0.478 e. The van der Waals surface area contributed by atoms with Gasteiger partial charge < -0.3 is 10.8 Å². The van der Waals surface area contributed by atoms with Crippen molar-refractivity contribution in [3.63, 3.8) is 0 Å². The second kappa shape index (κ2) is 14.3. The van der Waals surface area contributed by atoms with Crippen LogP contribution in [-0.2, 0) is 12.8 Å². The van der Waals surface area contributed by atoms with Gasteiger partial charge in [0.1, 0.15) is 0 Å². The van der Waals surface area contributed by atoms with Crippen LogP contribution in [0.15, 0.2) is 18.2 Å². The van der Waals surface area contributed by atoms with Crippen molar-refractivity contribution in [2.45, 2.75) is 78.1 Å². The molecule has 23 heavy (non-hydrogen) atoms. The molecule has 0 bridgehead atoms. The molecule has 3 nitrogen and oxygen atoms in total. The number of carboxylic acid groups (broad SMARTS) is 1. The van der Waals surface area contributed by atoms with E-state index in [0.717, 1.165) is 24.8 Å². The molecule has 0 spiro atoms. The molecular weight excluding hydrogens is 286 g/mol. The summed E-state index contributed by atoms with van der Waals surface area (Å²) in [4.78, 5) is 11.4. The fourth-order valence-corrected chi connectivity index (χ4v) is 2.84. The lowest BCUT2D eigenvalue weighted by atomic mass is 9.92. The van der Waals surface area contributed by atoms with Crippen molar-refractivity contribution < 1.29 is 9.90 Å². The van der Waals surface area contributed by atoms with E-state index >= 15 is 0 Å². The van der Waals surface area contributed by atoms with Gasteiger partial charge >= 0.3 is 5.97 Å². The molecule has 0 fully saturated rings. The number of carboxylic acids is 1. The standard InChI is InChI=1S/C19H30O2.CH5N/c1-3-5-7-9-12-16-13-11-15-18(19(20)21)17(16)14-10-8-6-4-2;1-2/h11,13,15H,3-10,12,14H2,1-2H3,(H,20,21);2H2,1H3. The van der Waals surface area contributed by atoms with Crippen LogP contribution < -0.4 is 5.73 Å². The predicted octanol–water partition coefficient (Wildman–Crippen LogP) is 5.21. The van der Waals surface area contributed by atoms with Crippen LogP contribution in [0.3, 0.4) is 0 Å². The Bertz CT molecular complexity index is 430. The molecule has 0 aliphatic rings. The molecule has 0 heterocycles. The van der Waals surface area contributed by atoms with Gasteiger partial charge in [0.15, 0.2) is 0 Å². The molecule has 0 atom stereocenters. The Morgan fingerprint density at radius 1 is 0.913 bits per heavy atom. The van der Waals surface area contributed by atoms with Crippen LogP contribution >= 0.6 is 0 Å². The zero-order chi connectivity index (χ0) is 17.5. The molecular formula is C20H35NO2. The maximum atomic E-state index is 11.4. The first-order chi connectivity index (χ1) is 11.2. The van der Waals surface area contributed by atoms with Gasteiger partial charge in [0.2, 0.25) is 0 Å². The van der Waals surface area contributed by atoms with Crippen molar-refractivity contribution in [2.75, 3.05) is 7.05 Å². The SMILES string of the molecule is CCCCCCc1cccc(C(=O)O)c1CCCCCC.CN. The number of aryl methyl sites for hydroxylation is 1. The molecule has 3 heteroatoms. The van der Waals surface area contributed by atoms with E-state index in [0.29, 0.717) is 5.56 Å². The van der Waals surface area contributed by atoms with Crippen LogP contribution in [0.25, 0.3) is 0 Å². The first-order valence-electron chi connectivity index (χ1n) is 9.12. The van der Waals surface area contributed by atoms with Crippen molar-refractivity contribution >= 4 is 5.97 Å². The van der Waals surface area contributed by atoms with Crippen LogP contribution in [0.2, 0.25) is 0 Å². The summed E-state index contributed by atoms with van der Waals surface area (Å²) >= 11 is 0. The van der Waals surface area contributed by atoms with E-state index in [9.17, 15) is 9.90 Å². The summed E-state index contributed by atoms with van der Waals surface area (Å²) in [6.07, 6.45) is 11.6. The summed E-state index contributed by atoms with van der Waals surface area (Å²) in [5.74, 6) is -0.782. The first kappa shape index (κ1) is 21.6. The highest BCUT2D eigenvalue weighted by Gasteiger charge is 2.13. The molecule has 0 radical (unpaired) electrons. The third-order valence-corrected chi connectivity index (χ3v) is 4.08. The topological polar surface area (TPSA) is 63.3 Å². The number of unbranched alkanes of at least 4 members (excludes halogenated alkanes) is 6. The van der Waals surface area contributed by atoms with E-state index in [1.807, 2.05) is 6.07 Å². The van der Waals surface area contributed by atoms with E-state index in [1.54, 1.807) is 6.07 Å². The van der Waals surface area contributed by atoms with Gasteiger partial charge in [0.25, 0.3) is 0 Å². The predicted molar refractivity (Wildman–Crippen MR) is 99.2 cm³/mol. The van der Waals surface area contributed by atoms with Gasteiger partial charge in [-0.1, -0.05) is 64.5 Å². The highest BCUT2D eigenvalue weighted by atomic mass is 16.4. The van der Waals surface area contributed by atoms with Crippen LogP contribution in [0.1, 0.15) is 86.7 Å². The van der Waals surface area contributed by atoms with Crippen LogP contribution in [0, 0.1) is 0 Å². The third kappa shape index (κ3) is 8.75. The van der Waals surface area contributed by atoms with Crippen LogP contribution in [-0.4, -0.2) is 18.1 Å². The van der Waals surface area contributed by atoms with Gasteiger partial charge in [-0.3, -0.25) is 0 Å². The van der Waals surface area contributed by atoms with Crippen molar-refractivity contribution in [2.24, 2.45) is 5.73 Å². The zero-order valence-corrected chi connectivity index (χ0v) is 15.2. The molecule has 1 rings (SSSR count). The van der Waals surface area contributed by atoms with Gasteiger partial charge in [-0.15, -0.1) is 0 Å². The molecule has 0 amide bonds. The average molecular weight is 322 g/mol. The molecule has 0 aliphatic heterocycles. The number of rotatable bonds is 11.